The van der Waals surface area contributed by atoms with Gasteiger partial charge in [-0.1, -0.05) is 0 Å². The fraction of sp³-hybridized carbons (Fsp3) is 0.533. The smallest absolute Gasteiger partial charge is 0.185 e. The van der Waals surface area contributed by atoms with Gasteiger partial charge in [0, 0.05) is 37.3 Å². The average molecular weight is 309 g/mol. The van der Waals surface area contributed by atoms with E-state index >= 15 is 0 Å². The quantitative estimate of drug-likeness (QED) is 0.785. The van der Waals surface area contributed by atoms with E-state index in [0.717, 1.165) is 23.1 Å². The normalized spacial score (nSPS) is 14.1. The van der Waals surface area contributed by atoms with Gasteiger partial charge < -0.3 is 19.7 Å². The molecule has 1 atom stereocenters. The molecule has 0 aromatic carbocycles. The first-order valence-corrected chi connectivity index (χ1v) is 8.05. The molecule has 2 aromatic heterocycles. The van der Waals surface area contributed by atoms with Crippen molar-refractivity contribution < 1.29 is 9.52 Å². The summed E-state index contributed by atoms with van der Waals surface area (Å²) in [4.78, 5) is 7.84. The second-order valence-corrected chi connectivity index (χ2v) is 6.23. The van der Waals surface area contributed by atoms with Crippen LogP contribution in [0.15, 0.2) is 29.0 Å². The van der Waals surface area contributed by atoms with E-state index in [1.165, 1.54) is 0 Å². The first-order valence-electron chi connectivity index (χ1n) is 7.23. The summed E-state index contributed by atoms with van der Waals surface area (Å²) >= 11 is 1.69. The van der Waals surface area contributed by atoms with Crippen molar-refractivity contribution in [3.8, 4) is 0 Å². The molecule has 1 unspecified atom stereocenters. The summed E-state index contributed by atoms with van der Waals surface area (Å²) in [5.74, 6) is 0.572. The van der Waals surface area contributed by atoms with Gasteiger partial charge in [0.2, 0.25) is 0 Å². The molecule has 2 aromatic rings. The van der Waals surface area contributed by atoms with Crippen molar-refractivity contribution in [1.29, 1.82) is 0 Å². The van der Waals surface area contributed by atoms with E-state index in [-0.39, 0.29) is 0 Å². The molecule has 116 valence electrons. The van der Waals surface area contributed by atoms with Crippen LogP contribution >= 0.6 is 11.3 Å². The highest BCUT2D eigenvalue weighted by Crippen LogP contribution is 2.23. The number of aromatic nitrogens is 1. The molecular formula is C15H23N3O2S. The van der Waals surface area contributed by atoms with Crippen LogP contribution in [-0.4, -0.2) is 29.7 Å². The van der Waals surface area contributed by atoms with Gasteiger partial charge in [-0.2, -0.15) is 0 Å². The Labute approximate surface area is 129 Å². The van der Waals surface area contributed by atoms with Crippen LogP contribution in [-0.2, 0) is 12.1 Å². The molecule has 0 saturated heterocycles. The van der Waals surface area contributed by atoms with Crippen molar-refractivity contribution in [2.24, 2.45) is 0 Å². The lowest BCUT2D eigenvalue weighted by molar-refractivity contribution is 0.0341. The van der Waals surface area contributed by atoms with Crippen LogP contribution in [0.4, 0.5) is 5.13 Å². The Bertz CT molecular complexity index is 533. The maximum Gasteiger partial charge on any atom is 0.185 e. The first-order chi connectivity index (χ1) is 10.1. The predicted molar refractivity (Wildman–Crippen MR) is 85.7 cm³/mol. The Balaban J connectivity index is 1.86. The van der Waals surface area contributed by atoms with Gasteiger partial charge in [-0.05, 0) is 32.9 Å². The van der Waals surface area contributed by atoms with Crippen LogP contribution in [0.3, 0.4) is 0 Å². The lowest BCUT2D eigenvalue weighted by Gasteiger charge is -2.21. The van der Waals surface area contributed by atoms with Gasteiger partial charge in [0.25, 0.3) is 0 Å². The Morgan fingerprint density at radius 2 is 2.19 bits per heavy atom. The zero-order valence-corrected chi connectivity index (χ0v) is 13.6. The predicted octanol–water partition coefficient (Wildman–Crippen LogP) is 2.58. The highest BCUT2D eigenvalue weighted by atomic mass is 32.1. The largest absolute Gasteiger partial charge is 0.466 e. The van der Waals surface area contributed by atoms with Gasteiger partial charge in [-0.25, -0.2) is 4.98 Å². The lowest BCUT2D eigenvalue weighted by atomic mass is 10.0. The maximum absolute atomic E-state index is 10.3. The molecular weight excluding hydrogens is 286 g/mol. The minimum Gasteiger partial charge on any atom is -0.466 e. The van der Waals surface area contributed by atoms with Crippen molar-refractivity contribution >= 4 is 16.5 Å². The van der Waals surface area contributed by atoms with Gasteiger partial charge in [0.1, 0.15) is 11.4 Å². The van der Waals surface area contributed by atoms with Crippen molar-refractivity contribution in [2.75, 3.05) is 24.5 Å². The molecule has 21 heavy (non-hydrogen) atoms. The second kappa shape index (κ2) is 7.06. The molecule has 2 N–H and O–H groups in total. The molecule has 6 heteroatoms. The molecule has 0 fully saturated rings. The fourth-order valence-corrected chi connectivity index (χ4v) is 3.13. The van der Waals surface area contributed by atoms with E-state index in [9.17, 15) is 5.11 Å². The molecule has 2 rings (SSSR count). The Hall–Kier alpha value is -1.37. The lowest BCUT2D eigenvalue weighted by Crippen LogP contribution is -2.34. The Morgan fingerprint density at radius 3 is 2.81 bits per heavy atom. The van der Waals surface area contributed by atoms with E-state index in [4.69, 9.17) is 4.42 Å². The van der Waals surface area contributed by atoms with E-state index in [1.807, 2.05) is 6.20 Å². The third-order valence-corrected chi connectivity index (χ3v) is 4.45. The molecule has 2 heterocycles. The first kappa shape index (κ1) is 16.0. The monoisotopic (exact) mass is 309 g/mol. The van der Waals surface area contributed by atoms with Gasteiger partial charge in [-0.15, -0.1) is 11.3 Å². The number of anilines is 1. The van der Waals surface area contributed by atoms with E-state index in [2.05, 4.69) is 29.0 Å². The topological polar surface area (TPSA) is 61.5 Å². The van der Waals surface area contributed by atoms with Crippen LogP contribution in [0.2, 0.25) is 0 Å². The van der Waals surface area contributed by atoms with Crippen molar-refractivity contribution in [3.05, 3.63) is 35.2 Å². The van der Waals surface area contributed by atoms with Gasteiger partial charge in [-0.3, -0.25) is 0 Å². The fourth-order valence-electron chi connectivity index (χ4n) is 2.12. The third kappa shape index (κ3) is 4.06. The Morgan fingerprint density at radius 1 is 1.43 bits per heavy atom. The molecule has 0 amide bonds. The third-order valence-electron chi connectivity index (χ3n) is 3.40. The minimum absolute atomic E-state index is 0.430. The summed E-state index contributed by atoms with van der Waals surface area (Å²) in [6.45, 7) is 9.04. The van der Waals surface area contributed by atoms with Crippen molar-refractivity contribution in [2.45, 2.75) is 32.9 Å². The maximum atomic E-state index is 10.3. The number of rotatable bonds is 8. The van der Waals surface area contributed by atoms with Crippen LogP contribution in [0.25, 0.3) is 0 Å². The number of nitrogens with one attached hydrogen (secondary N) is 1. The second-order valence-electron chi connectivity index (χ2n) is 5.14. The van der Waals surface area contributed by atoms with Gasteiger partial charge in [0.15, 0.2) is 5.13 Å². The summed E-state index contributed by atoms with van der Waals surface area (Å²) < 4.78 is 5.26. The van der Waals surface area contributed by atoms with Crippen molar-refractivity contribution in [1.82, 2.24) is 10.3 Å². The van der Waals surface area contributed by atoms with Crippen LogP contribution in [0.5, 0.6) is 0 Å². The highest BCUT2D eigenvalue weighted by molar-refractivity contribution is 7.15. The zero-order valence-electron chi connectivity index (χ0n) is 12.8. The number of aliphatic hydroxyl groups is 1. The average Bonchev–Trinajstić information content (AvgIpc) is 3.11. The molecule has 5 nitrogen and oxygen atoms in total. The molecule has 0 aliphatic rings. The molecule has 0 saturated carbocycles. The van der Waals surface area contributed by atoms with Crippen molar-refractivity contribution in [3.63, 3.8) is 0 Å². The summed E-state index contributed by atoms with van der Waals surface area (Å²) in [7, 11) is 0. The number of thiazole rings is 1. The molecule has 0 bridgehead atoms. The van der Waals surface area contributed by atoms with Gasteiger partial charge in [0.05, 0.1) is 6.26 Å². The zero-order chi connectivity index (χ0) is 15.3. The molecule has 0 spiro atoms. The van der Waals surface area contributed by atoms with Crippen LogP contribution in [0, 0.1) is 0 Å². The molecule has 0 radical (unpaired) electrons. The van der Waals surface area contributed by atoms with E-state index in [0.29, 0.717) is 18.8 Å². The van der Waals surface area contributed by atoms with E-state index < -0.39 is 5.60 Å². The summed E-state index contributed by atoms with van der Waals surface area (Å²) in [5.41, 5.74) is -1.00. The van der Waals surface area contributed by atoms with Crippen LogP contribution in [0.1, 0.15) is 31.4 Å². The van der Waals surface area contributed by atoms with Crippen LogP contribution < -0.4 is 10.2 Å². The SMILES string of the molecule is CCN(CC)c1ncc(CNCC(C)(O)c2ccco2)s1. The number of hydrogen-bond acceptors (Lipinski definition) is 6. The Kier molecular flexibility index (Phi) is 5.39. The standard InChI is InChI=1S/C15H23N3O2S/c1-4-18(5-2)14-17-10-12(21-14)9-16-11-15(3,19)13-7-6-8-20-13/h6-8,10,16,19H,4-5,9,11H2,1-3H3. The number of furan rings is 1. The minimum atomic E-state index is -1.00. The molecule has 0 aliphatic carbocycles. The molecule has 0 aliphatic heterocycles. The summed E-state index contributed by atoms with van der Waals surface area (Å²) in [6, 6.07) is 3.57. The van der Waals surface area contributed by atoms with E-state index in [1.54, 1.807) is 36.7 Å². The highest BCUT2D eigenvalue weighted by Gasteiger charge is 2.25. The summed E-state index contributed by atoms with van der Waals surface area (Å²) in [5, 5.41) is 14.7. The summed E-state index contributed by atoms with van der Waals surface area (Å²) in [6.07, 6.45) is 3.47. The van der Waals surface area contributed by atoms with Gasteiger partial charge >= 0.3 is 0 Å². The number of hydrogen-bond donors (Lipinski definition) is 2. The number of nitrogens with zero attached hydrogens (tertiary/aromatic N) is 2.